The fourth-order valence-electron chi connectivity index (χ4n) is 3.68. The number of thioether (sulfide) groups is 1. The molecule has 3 aromatic carbocycles. The lowest BCUT2D eigenvalue weighted by Gasteiger charge is -2.22. The first-order valence-electron chi connectivity index (χ1n) is 9.84. The highest BCUT2D eigenvalue weighted by Crippen LogP contribution is 2.42. The number of fused-ring (bicyclic) bond motifs is 3. The molecule has 0 unspecified atom stereocenters. The second-order valence-electron chi connectivity index (χ2n) is 7.37. The van der Waals surface area contributed by atoms with E-state index in [9.17, 15) is 13.2 Å². The van der Waals surface area contributed by atoms with Crippen LogP contribution in [-0.2, 0) is 16.4 Å². The van der Waals surface area contributed by atoms with Crippen LogP contribution in [0.15, 0.2) is 82.1 Å². The minimum absolute atomic E-state index is 0.00304. The van der Waals surface area contributed by atoms with Crippen molar-refractivity contribution in [2.24, 2.45) is 4.40 Å². The first-order chi connectivity index (χ1) is 15.0. The molecule has 0 bridgehead atoms. The van der Waals surface area contributed by atoms with E-state index < -0.39 is 10.0 Å². The molecule has 5 rings (SSSR count). The summed E-state index contributed by atoms with van der Waals surface area (Å²) in [6, 6.07) is 23.3. The third-order valence-electron chi connectivity index (χ3n) is 5.24. The van der Waals surface area contributed by atoms with Crippen LogP contribution in [0, 0.1) is 0 Å². The van der Waals surface area contributed by atoms with Gasteiger partial charge in [-0.25, -0.2) is 8.42 Å². The number of nitrogens with zero attached hydrogens (tertiary/aromatic N) is 2. The van der Waals surface area contributed by atoms with Gasteiger partial charge >= 0.3 is 0 Å². The van der Waals surface area contributed by atoms with Crippen LogP contribution in [0.25, 0.3) is 0 Å². The van der Waals surface area contributed by atoms with Crippen LogP contribution in [0.1, 0.15) is 21.5 Å². The van der Waals surface area contributed by atoms with Crippen molar-refractivity contribution in [1.82, 2.24) is 0 Å². The van der Waals surface area contributed by atoms with E-state index >= 15 is 0 Å². The normalized spacial score (nSPS) is 16.3. The van der Waals surface area contributed by atoms with Crippen molar-refractivity contribution in [2.75, 3.05) is 22.5 Å². The van der Waals surface area contributed by atoms with Crippen molar-refractivity contribution in [2.45, 2.75) is 11.3 Å². The van der Waals surface area contributed by atoms with Gasteiger partial charge in [-0.2, -0.15) is 0 Å². The van der Waals surface area contributed by atoms with Gasteiger partial charge in [-0.3, -0.25) is 4.79 Å². The van der Waals surface area contributed by atoms with Crippen molar-refractivity contribution in [3.05, 3.63) is 89.5 Å². The van der Waals surface area contributed by atoms with Crippen LogP contribution in [-0.4, -0.2) is 31.8 Å². The summed E-state index contributed by atoms with van der Waals surface area (Å²) in [6.07, 6.45) is 0.723. The highest BCUT2D eigenvalue weighted by molar-refractivity contribution is 8.15. The Labute approximate surface area is 185 Å². The average Bonchev–Trinajstić information content (AvgIpc) is 3.11. The predicted octanol–water partition coefficient (Wildman–Crippen LogP) is 4.14. The van der Waals surface area contributed by atoms with Gasteiger partial charge in [0.1, 0.15) is 0 Å². The van der Waals surface area contributed by atoms with Crippen molar-refractivity contribution in [3.8, 4) is 0 Å². The molecule has 0 aliphatic carbocycles. The smallest absolute Gasteiger partial charge is 0.257 e. The maximum absolute atomic E-state index is 13.0. The van der Waals surface area contributed by atoms with Gasteiger partial charge in [-0.05, 0) is 53.6 Å². The molecule has 0 radical (unpaired) electrons. The summed E-state index contributed by atoms with van der Waals surface area (Å²) < 4.78 is 27.4. The van der Waals surface area contributed by atoms with E-state index in [-0.39, 0.29) is 11.7 Å². The molecule has 3 aromatic rings. The molecule has 2 aliphatic rings. The lowest BCUT2D eigenvalue weighted by molar-refractivity contribution is 0.102. The first-order valence-corrected chi connectivity index (χ1v) is 12.3. The Hall–Kier alpha value is -3.10. The summed E-state index contributed by atoms with van der Waals surface area (Å²) in [4.78, 5) is 15.7. The highest BCUT2D eigenvalue weighted by Gasteiger charge is 2.33. The minimum atomic E-state index is -3.41. The summed E-state index contributed by atoms with van der Waals surface area (Å²) >= 11 is 1.28. The van der Waals surface area contributed by atoms with Crippen molar-refractivity contribution in [3.63, 3.8) is 0 Å². The number of rotatable bonds is 4. The molecule has 8 heteroatoms. The van der Waals surface area contributed by atoms with Gasteiger partial charge in [0.05, 0.1) is 11.4 Å². The second-order valence-corrected chi connectivity index (χ2v) is 10.1. The van der Waals surface area contributed by atoms with Gasteiger partial charge in [0.25, 0.3) is 15.9 Å². The van der Waals surface area contributed by atoms with Gasteiger partial charge in [0.15, 0.2) is 5.17 Å². The van der Waals surface area contributed by atoms with E-state index in [4.69, 9.17) is 0 Å². The van der Waals surface area contributed by atoms with Crippen molar-refractivity contribution in [1.29, 1.82) is 0 Å². The highest BCUT2D eigenvalue weighted by atomic mass is 32.2. The number of hydrogen-bond donors (Lipinski definition) is 1. The fourth-order valence-corrected chi connectivity index (χ4v) is 5.97. The Kier molecular flexibility index (Phi) is 5.03. The maximum atomic E-state index is 13.0. The van der Waals surface area contributed by atoms with Crippen LogP contribution in [0.5, 0.6) is 0 Å². The Morgan fingerprint density at radius 1 is 1.03 bits per heavy atom. The molecule has 1 amide bonds. The molecule has 0 spiro atoms. The number of anilines is 2. The molecular formula is C23H19N3O3S2. The van der Waals surface area contributed by atoms with Crippen molar-refractivity contribution < 1.29 is 13.2 Å². The quantitative estimate of drug-likeness (QED) is 0.648. The van der Waals surface area contributed by atoms with E-state index in [1.54, 1.807) is 12.1 Å². The zero-order valence-electron chi connectivity index (χ0n) is 16.5. The van der Waals surface area contributed by atoms with Gasteiger partial charge < -0.3 is 10.2 Å². The molecular weight excluding hydrogens is 430 g/mol. The molecule has 1 N–H and O–H groups in total. The first kappa shape index (κ1) is 19.8. The summed E-state index contributed by atoms with van der Waals surface area (Å²) in [5.74, 6) is -0.208. The number of hydrogen-bond acceptors (Lipinski definition) is 5. The topological polar surface area (TPSA) is 78.8 Å². The Morgan fingerprint density at radius 3 is 2.65 bits per heavy atom. The lowest BCUT2D eigenvalue weighted by atomic mass is 10.0. The monoisotopic (exact) mass is 449 g/mol. The number of sulfonamides is 1. The molecule has 2 heterocycles. The van der Waals surface area contributed by atoms with Crippen LogP contribution in [0.3, 0.4) is 0 Å². The number of benzene rings is 3. The van der Waals surface area contributed by atoms with E-state index in [1.165, 1.54) is 17.3 Å². The standard InChI is InChI=1S/C23H19N3O3S2/c27-22(24-19-9-5-4-8-17(19)14-16-6-2-1-3-7-16)18-10-11-20-21(15-18)30-23-25-31(28,29)13-12-26(20)23/h1-11,15H,12-14H2,(H,24,27). The number of nitrogens with one attached hydrogen (secondary N) is 1. The maximum Gasteiger partial charge on any atom is 0.257 e. The molecule has 0 saturated carbocycles. The summed E-state index contributed by atoms with van der Waals surface area (Å²) in [6.45, 7) is 0.375. The number of carbonyl (C=O) groups excluding carboxylic acids is 1. The van der Waals surface area contributed by atoms with E-state index in [0.717, 1.165) is 28.3 Å². The summed E-state index contributed by atoms with van der Waals surface area (Å²) in [5, 5.41) is 3.48. The largest absolute Gasteiger partial charge is 0.322 e. The molecule has 0 atom stereocenters. The molecule has 156 valence electrons. The van der Waals surface area contributed by atoms with Crippen molar-refractivity contribution >= 4 is 44.2 Å². The van der Waals surface area contributed by atoms with E-state index in [1.807, 2.05) is 53.4 Å². The van der Waals surface area contributed by atoms with E-state index in [0.29, 0.717) is 17.3 Å². The number of amidine groups is 1. The molecule has 6 nitrogen and oxygen atoms in total. The van der Waals surface area contributed by atoms with Crippen LogP contribution in [0.2, 0.25) is 0 Å². The summed E-state index contributed by atoms with van der Waals surface area (Å²) in [7, 11) is -3.41. The lowest BCUT2D eigenvalue weighted by Crippen LogP contribution is -2.35. The number of carbonyl (C=O) groups is 1. The minimum Gasteiger partial charge on any atom is -0.322 e. The number of para-hydroxylation sites is 1. The molecule has 31 heavy (non-hydrogen) atoms. The van der Waals surface area contributed by atoms with Gasteiger partial charge in [-0.15, -0.1) is 4.40 Å². The average molecular weight is 450 g/mol. The second kappa shape index (κ2) is 7.86. The Bertz CT molecular complexity index is 1300. The summed E-state index contributed by atoms with van der Waals surface area (Å²) in [5.41, 5.74) is 4.39. The molecule has 0 aromatic heterocycles. The number of amides is 1. The van der Waals surface area contributed by atoms with Crippen LogP contribution < -0.4 is 10.2 Å². The zero-order valence-corrected chi connectivity index (χ0v) is 18.1. The Morgan fingerprint density at radius 2 is 1.81 bits per heavy atom. The third kappa shape index (κ3) is 4.08. The molecule has 0 fully saturated rings. The SMILES string of the molecule is O=C(Nc1ccccc1Cc1ccccc1)c1ccc2c(c1)SC1=NS(=O)(=O)CCN12. The molecule has 0 saturated heterocycles. The van der Waals surface area contributed by atoms with Gasteiger partial charge in [0, 0.05) is 22.7 Å². The van der Waals surface area contributed by atoms with Gasteiger partial charge in [0.2, 0.25) is 0 Å². The third-order valence-corrected chi connectivity index (χ3v) is 7.54. The van der Waals surface area contributed by atoms with Gasteiger partial charge in [-0.1, -0.05) is 48.5 Å². The van der Waals surface area contributed by atoms with Crippen LogP contribution in [0.4, 0.5) is 11.4 Å². The fraction of sp³-hybridized carbons (Fsp3) is 0.130. The predicted molar refractivity (Wildman–Crippen MR) is 125 cm³/mol. The molecule has 2 aliphatic heterocycles. The van der Waals surface area contributed by atoms with E-state index in [2.05, 4.69) is 21.8 Å². The van der Waals surface area contributed by atoms with Crippen LogP contribution >= 0.6 is 11.8 Å². The zero-order chi connectivity index (χ0) is 21.4. The Balaban J connectivity index is 1.38.